The molecule has 5 nitrogen and oxygen atoms in total. The number of nitrogens with one attached hydrogen (secondary N) is 1. The molecule has 0 unspecified atom stereocenters. The Hall–Kier alpha value is -1.28. The van der Waals surface area contributed by atoms with Gasteiger partial charge in [-0.15, -0.1) is 11.3 Å². The Kier molecular flexibility index (Phi) is 4.24. The zero-order valence-electron chi connectivity index (χ0n) is 9.63. The molecule has 0 aliphatic heterocycles. The minimum absolute atomic E-state index is 0.0538. The first kappa shape index (κ1) is 15.1. The molecule has 0 radical (unpaired) electrons. The fourth-order valence-electron chi connectivity index (χ4n) is 1.40. The third kappa shape index (κ3) is 3.24. The number of carboxylic acids is 1. The van der Waals surface area contributed by atoms with Gasteiger partial charge in [-0.25, -0.2) is 13.2 Å². The first-order valence-electron chi connectivity index (χ1n) is 5.10. The van der Waals surface area contributed by atoms with E-state index in [2.05, 4.69) is 4.72 Å². The zero-order chi connectivity index (χ0) is 14.9. The molecule has 0 spiro atoms. The van der Waals surface area contributed by atoms with Gasteiger partial charge in [0.15, 0.2) is 0 Å². The summed E-state index contributed by atoms with van der Waals surface area (Å²) in [5.74, 6) is -1.19. The van der Waals surface area contributed by atoms with Crippen molar-refractivity contribution in [2.24, 2.45) is 0 Å². The maximum Gasteiger partial charge on any atom is 0.337 e. The zero-order valence-corrected chi connectivity index (χ0v) is 12.8. The molecule has 2 aromatic rings. The van der Waals surface area contributed by atoms with Crippen LogP contribution in [-0.2, 0) is 10.0 Å². The Labute approximate surface area is 128 Å². The number of anilines is 1. The van der Waals surface area contributed by atoms with Gasteiger partial charge in [0, 0.05) is 0 Å². The van der Waals surface area contributed by atoms with Crippen LogP contribution in [0.25, 0.3) is 0 Å². The van der Waals surface area contributed by atoms with Crippen molar-refractivity contribution < 1.29 is 18.3 Å². The third-order valence-corrected chi connectivity index (χ3v) is 5.68. The number of rotatable bonds is 4. The fourth-order valence-corrected chi connectivity index (χ4v) is 4.19. The van der Waals surface area contributed by atoms with Crippen LogP contribution >= 0.6 is 34.5 Å². The molecule has 20 heavy (non-hydrogen) atoms. The molecule has 0 atom stereocenters. The average Bonchev–Trinajstić information content (AvgIpc) is 2.75. The topological polar surface area (TPSA) is 83.5 Å². The SMILES string of the molecule is O=C(O)c1ccc(NS(=O)(=O)c2ccc(Cl)s2)cc1Cl. The van der Waals surface area contributed by atoms with E-state index in [0.29, 0.717) is 4.34 Å². The van der Waals surface area contributed by atoms with Crippen LogP contribution < -0.4 is 4.72 Å². The molecule has 1 aromatic carbocycles. The first-order valence-corrected chi connectivity index (χ1v) is 8.16. The van der Waals surface area contributed by atoms with Gasteiger partial charge in [0.25, 0.3) is 10.0 Å². The normalized spacial score (nSPS) is 11.3. The highest BCUT2D eigenvalue weighted by atomic mass is 35.5. The number of carbonyl (C=O) groups is 1. The molecule has 2 N–H and O–H groups in total. The molecule has 9 heteroatoms. The number of sulfonamides is 1. The Morgan fingerprint density at radius 2 is 1.90 bits per heavy atom. The van der Waals surface area contributed by atoms with Gasteiger partial charge in [0.1, 0.15) is 4.21 Å². The van der Waals surface area contributed by atoms with Crippen molar-refractivity contribution >= 4 is 56.2 Å². The summed E-state index contributed by atoms with van der Waals surface area (Å²) in [5.41, 5.74) is 0.0679. The van der Waals surface area contributed by atoms with Crippen LogP contribution in [0.2, 0.25) is 9.36 Å². The molecule has 0 saturated carbocycles. The lowest BCUT2D eigenvalue weighted by molar-refractivity contribution is 0.0697. The van der Waals surface area contributed by atoms with Crippen molar-refractivity contribution in [2.45, 2.75) is 4.21 Å². The Morgan fingerprint density at radius 1 is 1.20 bits per heavy atom. The number of hydrogen-bond acceptors (Lipinski definition) is 4. The van der Waals surface area contributed by atoms with E-state index in [9.17, 15) is 13.2 Å². The second-order valence-electron chi connectivity index (χ2n) is 3.66. The number of carboxylic acid groups (broad SMARTS) is 1. The summed E-state index contributed by atoms with van der Waals surface area (Å²) >= 11 is 12.4. The second-order valence-corrected chi connectivity index (χ2v) is 7.70. The smallest absolute Gasteiger partial charge is 0.337 e. The van der Waals surface area contributed by atoms with Crippen molar-refractivity contribution in [3.05, 3.63) is 45.3 Å². The largest absolute Gasteiger partial charge is 0.478 e. The third-order valence-electron chi connectivity index (χ3n) is 2.27. The molecular formula is C11H7Cl2NO4S2. The van der Waals surface area contributed by atoms with Gasteiger partial charge in [0.2, 0.25) is 0 Å². The van der Waals surface area contributed by atoms with Crippen LogP contribution in [0.5, 0.6) is 0 Å². The van der Waals surface area contributed by atoms with E-state index in [-0.39, 0.29) is 20.5 Å². The maximum atomic E-state index is 12.0. The first-order chi connectivity index (χ1) is 9.29. The predicted molar refractivity (Wildman–Crippen MR) is 78.5 cm³/mol. The number of benzene rings is 1. The van der Waals surface area contributed by atoms with Crippen LogP contribution in [0.3, 0.4) is 0 Å². The number of hydrogen-bond donors (Lipinski definition) is 2. The molecule has 2 rings (SSSR count). The number of thiophene rings is 1. The standard InChI is InChI=1S/C11H7Cl2NO4S2/c12-8-5-6(1-2-7(8)11(15)16)14-20(17,18)10-4-3-9(13)19-10/h1-5,14H,(H,15,16). The summed E-state index contributed by atoms with van der Waals surface area (Å²) < 4.78 is 26.8. The van der Waals surface area contributed by atoms with E-state index in [1.54, 1.807) is 0 Å². The summed E-state index contributed by atoms with van der Waals surface area (Å²) in [5, 5.41) is 8.78. The van der Waals surface area contributed by atoms with E-state index in [1.807, 2.05) is 0 Å². The molecule has 106 valence electrons. The fraction of sp³-hybridized carbons (Fsp3) is 0. The maximum absolute atomic E-state index is 12.0. The second kappa shape index (κ2) is 5.61. The van der Waals surface area contributed by atoms with Crippen LogP contribution in [0.15, 0.2) is 34.5 Å². The average molecular weight is 352 g/mol. The summed E-state index contributed by atoms with van der Waals surface area (Å²) in [6.45, 7) is 0. The summed E-state index contributed by atoms with van der Waals surface area (Å²) in [4.78, 5) is 10.8. The highest BCUT2D eigenvalue weighted by Crippen LogP contribution is 2.28. The molecule has 0 fully saturated rings. The molecule has 0 bridgehead atoms. The minimum atomic E-state index is -3.76. The van der Waals surface area contributed by atoms with Gasteiger partial charge in [-0.1, -0.05) is 23.2 Å². The molecule has 1 heterocycles. The quantitative estimate of drug-likeness (QED) is 0.881. The minimum Gasteiger partial charge on any atom is -0.478 e. The number of halogens is 2. The van der Waals surface area contributed by atoms with Crippen LogP contribution in [0, 0.1) is 0 Å². The highest BCUT2D eigenvalue weighted by molar-refractivity contribution is 7.94. The highest BCUT2D eigenvalue weighted by Gasteiger charge is 2.18. The molecular weight excluding hydrogens is 345 g/mol. The lowest BCUT2D eigenvalue weighted by atomic mass is 10.2. The van der Waals surface area contributed by atoms with Crippen LogP contribution in [0.4, 0.5) is 5.69 Å². The molecule has 0 amide bonds. The molecule has 0 aliphatic rings. The van der Waals surface area contributed by atoms with E-state index in [1.165, 1.54) is 30.3 Å². The van der Waals surface area contributed by atoms with E-state index in [4.69, 9.17) is 28.3 Å². The molecule has 0 saturated heterocycles. The van der Waals surface area contributed by atoms with Gasteiger partial charge in [-0.2, -0.15) is 0 Å². The summed E-state index contributed by atoms with van der Waals surface area (Å²) in [7, 11) is -3.76. The lowest BCUT2D eigenvalue weighted by Gasteiger charge is -2.07. The monoisotopic (exact) mass is 351 g/mol. The van der Waals surface area contributed by atoms with Crippen LogP contribution in [-0.4, -0.2) is 19.5 Å². The van der Waals surface area contributed by atoms with Crippen molar-refractivity contribution in [1.82, 2.24) is 0 Å². The summed E-state index contributed by atoms with van der Waals surface area (Å²) in [6, 6.07) is 6.63. The Morgan fingerprint density at radius 3 is 2.40 bits per heavy atom. The molecule has 1 aromatic heterocycles. The lowest BCUT2D eigenvalue weighted by Crippen LogP contribution is -2.11. The van der Waals surface area contributed by atoms with Gasteiger partial charge in [0.05, 0.1) is 20.6 Å². The van der Waals surface area contributed by atoms with Gasteiger partial charge >= 0.3 is 5.97 Å². The Bertz CT molecular complexity index is 770. The summed E-state index contributed by atoms with van der Waals surface area (Å²) in [6.07, 6.45) is 0. The van der Waals surface area contributed by atoms with Crippen molar-refractivity contribution in [1.29, 1.82) is 0 Å². The molecule has 0 aliphatic carbocycles. The van der Waals surface area contributed by atoms with Crippen molar-refractivity contribution in [3.63, 3.8) is 0 Å². The van der Waals surface area contributed by atoms with E-state index in [0.717, 1.165) is 11.3 Å². The van der Waals surface area contributed by atoms with E-state index >= 15 is 0 Å². The van der Waals surface area contributed by atoms with Gasteiger partial charge in [-0.3, -0.25) is 4.72 Å². The van der Waals surface area contributed by atoms with Gasteiger partial charge in [-0.05, 0) is 30.3 Å². The van der Waals surface area contributed by atoms with Crippen molar-refractivity contribution in [2.75, 3.05) is 4.72 Å². The number of aromatic carboxylic acids is 1. The van der Waals surface area contributed by atoms with Crippen molar-refractivity contribution in [3.8, 4) is 0 Å². The van der Waals surface area contributed by atoms with Crippen LogP contribution in [0.1, 0.15) is 10.4 Å². The Balaban J connectivity index is 2.30. The van der Waals surface area contributed by atoms with Gasteiger partial charge < -0.3 is 5.11 Å². The predicted octanol–water partition coefficient (Wildman–Crippen LogP) is 3.55. The van der Waals surface area contributed by atoms with E-state index < -0.39 is 16.0 Å².